The molecule has 28 heavy (non-hydrogen) atoms. The number of anilines is 1. The topological polar surface area (TPSA) is 70.6 Å². The molecule has 1 amide bonds. The lowest BCUT2D eigenvalue weighted by Crippen LogP contribution is -2.49. The van der Waals surface area contributed by atoms with Gasteiger partial charge in [-0.2, -0.15) is 13.2 Å². The van der Waals surface area contributed by atoms with Crippen LogP contribution in [0.1, 0.15) is 0 Å². The molecule has 0 unspecified atom stereocenters. The van der Waals surface area contributed by atoms with Crippen molar-refractivity contribution in [3.05, 3.63) is 23.4 Å². The van der Waals surface area contributed by atoms with E-state index in [1.54, 1.807) is 18.3 Å². The number of piperazine rings is 1. The normalized spacial score (nSPS) is 15.7. The van der Waals surface area contributed by atoms with Crippen LogP contribution in [0.15, 0.2) is 18.3 Å². The smallest absolute Gasteiger partial charge is 0.471 e. The Hall–Kier alpha value is -2.33. The van der Waals surface area contributed by atoms with E-state index in [4.69, 9.17) is 16.3 Å². The van der Waals surface area contributed by atoms with Crippen LogP contribution in [0.3, 0.4) is 0 Å². The monoisotopic (exact) mass is 417 g/mol. The van der Waals surface area contributed by atoms with Gasteiger partial charge in [-0.1, -0.05) is 11.6 Å². The van der Waals surface area contributed by atoms with E-state index in [2.05, 4.69) is 14.9 Å². The van der Waals surface area contributed by atoms with Gasteiger partial charge in [-0.15, -0.1) is 0 Å². The van der Waals surface area contributed by atoms with E-state index in [-0.39, 0.29) is 6.54 Å². The van der Waals surface area contributed by atoms with E-state index >= 15 is 0 Å². The zero-order valence-corrected chi connectivity index (χ0v) is 15.8. The molecular weight excluding hydrogens is 399 g/mol. The van der Waals surface area contributed by atoms with E-state index in [9.17, 15) is 18.0 Å². The van der Waals surface area contributed by atoms with Crippen LogP contribution in [0.5, 0.6) is 5.88 Å². The van der Waals surface area contributed by atoms with Crippen LogP contribution in [0, 0.1) is 0 Å². The number of nitrogens with zero attached hydrogens (tertiary/aromatic N) is 4. The van der Waals surface area contributed by atoms with E-state index in [1.807, 2.05) is 10.2 Å². The summed E-state index contributed by atoms with van der Waals surface area (Å²) in [4.78, 5) is 23.7. The largest absolute Gasteiger partial charge is 0.481 e. The lowest BCUT2D eigenvalue weighted by atomic mass is 10.2. The predicted octanol–water partition coefficient (Wildman–Crippen LogP) is 2.09. The predicted molar refractivity (Wildman–Crippen MR) is 98.8 cm³/mol. The van der Waals surface area contributed by atoms with Crippen molar-refractivity contribution >= 4 is 34.2 Å². The van der Waals surface area contributed by atoms with Gasteiger partial charge in [-0.3, -0.25) is 14.7 Å². The Morgan fingerprint density at radius 2 is 2.00 bits per heavy atom. The highest BCUT2D eigenvalue weighted by atomic mass is 35.5. The van der Waals surface area contributed by atoms with E-state index < -0.39 is 12.1 Å². The number of carbonyl (C=O) groups excluding carboxylic acids is 1. The number of carbonyl (C=O) groups is 1. The van der Waals surface area contributed by atoms with Crippen LogP contribution < -0.4 is 15.0 Å². The molecule has 2 aromatic rings. The van der Waals surface area contributed by atoms with Gasteiger partial charge in [-0.25, -0.2) is 4.98 Å². The fourth-order valence-electron chi connectivity index (χ4n) is 3.05. The number of hydrogen-bond donors (Lipinski definition) is 1. The quantitative estimate of drug-likeness (QED) is 0.803. The Morgan fingerprint density at radius 3 is 2.64 bits per heavy atom. The highest BCUT2D eigenvalue weighted by Gasteiger charge is 2.38. The first-order valence-corrected chi connectivity index (χ1v) is 8.99. The molecule has 0 spiro atoms. The number of pyridine rings is 2. The van der Waals surface area contributed by atoms with Gasteiger partial charge in [0.25, 0.3) is 0 Å². The SMILES string of the molecule is COc1ccc2ncc(Cl)c(N3CCN(CCNC(=O)C(F)(F)F)CC3)c2n1. The first-order chi connectivity index (χ1) is 13.3. The fourth-order valence-corrected chi connectivity index (χ4v) is 3.31. The maximum Gasteiger partial charge on any atom is 0.471 e. The third-order valence-electron chi connectivity index (χ3n) is 4.48. The molecule has 1 aliphatic rings. The van der Waals surface area contributed by atoms with Gasteiger partial charge < -0.3 is 15.0 Å². The zero-order valence-electron chi connectivity index (χ0n) is 15.1. The van der Waals surface area contributed by atoms with Crippen molar-refractivity contribution in [3.8, 4) is 5.88 Å². The number of halogens is 4. The van der Waals surface area contributed by atoms with Gasteiger partial charge >= 0.3 is 12.1 Å². The van der Waals surface area contributed by atoms with Gasteiger partial charge in [-0.05, 0) is 6.07 Å². The Balaban J connectivity index is 1.64. The number of rotatable bonds is 5. The molecule has 3 heterocycles. The molecule has 0 saturated carbocycles. The summed E-state index contributed by atoms with van der Waals surface area (Å²) in [5.41, 5.74) is 2.09. The number of ether oxygens (including phenoxy) is 1. The number of nitrogens with one attached hydrogen (secondary N) is 1. The second-order valence-electron chi connectivity index (χ2n) is 6.26. The second-order valence-corrected chi connectivity index (χ2v) is 6.67. The molecule has 0 radical (unpaired) electrons. The first-order valence-electron chi connectivity index (χ1n) is 8.61. The molecule has 1 fully saturated rings. The number of alkyl halides is 3. The minimum Gasteiger partial charge on any atom is -0.481 e. The Morgan fingerprint density at radius 1 is 1.29 bits per heavy atom. The highest BCUT2D eigenvalue weighted by Crippen LogP contribution is 2.33. The molecule has 0 aromatic carbocycles. The van der Waals surface area contributed by atoms with Crippen molar-refractivity contribution in [1.82, 2.24) is 20.2 Å². The summed E-state index contributed by atoms with van der Waals surface area (Å²) in [7, 11) is 1.53. The third-order valence-corrected chi connectivity index (χ3v) is 4.76. The minimum atomic E-state index is -4.86. The van der Waals surface area contributed by atoms with Crippen LogP contribution in [0.25, 0.3) is 11.0 Å². The van der Waals surface area contributed by atoms with Gasteiger partial charge in [0.1, 0.15) is 5.52 Å². The van der Waals surface area contributed by atoms with E-state index in [0.29, 0.717) is 54.7 Å². The number of fused-ring (bicyclic) bond motifs is 1. The summed E-state index contributed by atoms with van der Waals surface area (Å²) in [6.45, 7) is 2.75. The lowest BCUT2D eigenvalue weighted by Gasteiger charge is -2.36. The molecule has 1 N–H and O–H groups in total. The molecule has 0 atom stereocenters. The summed E-state index contributed by atoms with van der Waals surface area (Å²) in [5.74, 6) is -1.46. The van der Waals surface area contributed by atoms with E-state index in [0.717, 1.165) is 5.69 Å². The minimum absolute atomic E-state index is 0.0595. The van der Waals surface area contributed by atoms with Gasteiger partial charge in [0.15, 0.2) is 0 Å². The molecule has 0 bridgehead atoms. The third kappa shape index (κ3) is 4.56. The number of amides is 1. The summed E-state index contributed by atoms with van der Waals surface area (Å²) in [5, 5.41) is 2.36. The summed E-state index contributed by atoms with van der Waals surface area (Å²) in [6, 6.07) is 3.53. The van der Waals surface area contributed by atoms with Gasteiger partial charge in [0.05, 0.1) is 23.3 Å². The number of aromatic nitrogens is 2. The molecule has 11 heteroatoms. The van der Waals surface area contributed by atoms with Crippen molar-refractivity contribution in [2.24, 2.45) is 0 Å². The van der Waals surface area contributed by atoms with Crippen molar-refractivity contribution < 1.29 is 22.7 Å². The number of methoxy groups -OCH3 is 1. The van der Waals surface area contributed by atoms with Crippen molar-refractivity contribution in [1.29, 1.82) is 0 Å². The lowest BCUT2D eigenvalue weighted by molar-refractivity contribution is -0.173. The fraction of sp³-hybridized carbons (Fsp3) is 0.471. The molecule has 2 aromatic heterocycles. The summed E-state index contributed by atoms with van der Waals surface area (Å²) >= 11 is 6.38. The zero-order chi connectivity index (χ0) is 20.3. The Kier molecular flexibility index (Phi) is 6.09. The maximum atomic E-state index is 12.2. The Labute approximate surface area is 164 Å². The van der Waals surface area contributed by atoms with Crippen LogP contribution in [0.4, 0.5) is 18.9 Å². The molecule has 7 nitrogen and oxygen atoms in total. The molecule has 152 valence electrons. The highest BCUT2D eigenvalue weighted by molar-refractivity contribution is 6.34. The Bertz CT molecular complexity index is 857. The average Bonchev–Trinajstić information content (AvgIpc) is 2.67. The molecular formula is C17H19ClF3N5O2. The van der Waals surface area contributed by atoms with Crippen molar-refractivity contribution in [3.63, 3.8) is 0 Å². The average molecular weight is 418 g/mol. The first kappa shape index (κ1) is 20.4. The van der Waals surface area contributed by atoms with Crippen LogP contribution >= 0.6 is 11.6 Å². The molecule has 3 rings (SSSR count). The standard InChI is InChI=1S/C17H19ClF3N5O2/c1-28-13-3-2-12-14(24-13)15(11(18)10-23-12)26-8-6-25(7-9-26)5-4-22-16(27)17(19,20)21/h2-3,10H,4-9H2,1H3,(H,22,27). The van der Waals surface area contributed by atoms with Crippen molar-refractivity contribution in [2.45, 2.75) is 6.18 Å². The summed E-state index contributed by atoms with van der Waals surface area (Å²) in [6.07, 6.45) is -3.28. The van der Waals surface area contributed by atoms with Crippen molar-refractivity contribution in [2.75, 3.05) is 51.3 Å². The molecule has 1 saturated heterocycles. The molecule has 0 aliphatic carbocycles. The summed E-state index contributed by atoms with van der Waals surface area (Å²) < 4.78 is 41.8. The van der Waals surface area contributed by atoms with Gasteiger partial charge in [0, 0.05) is 51.5 Å². The van der Waals surface area contributed by atoms with Crippen LogP contribution in [0.2, 0.25) is 5.02 Å². The van der Waals surface area contributed by atoms with E-state index in [1.165, 1.54) is 7.11 Å². The van der Waals surface area contributed by atoms with Crippen LogP contribution in [-0.4, -0.2) is 73.3 Å². The maximum absolute atomic E-state index is 12.2. The number of hydrogen-bond acceptors (Lipinski definition) is 6. The van der Waals surface area contributed by atoms with Gasteiger partial charge in [0.2, 0.25) is 5.88 Å². The van der Waals surface area contributed by atoms with Crippen LogP contribution in [-0.2, 0) is 4.79 Å². The molecule has 1 aliphatic heterocycles. The second kappa shape index (κ2) is 8.36.